The van der Waals surface area contributed by atoms with Crippen LogP contribution in [0, 0.1) is 0 Å². The third kappa shape index (κ3) is 3.87. The molecular formula is C15H22ClN2O2+. The highest BCUT2D eigenvalue weighted by Gasteiger charge is 2.28. The minimum absolute atomic E-state index is 0.0925. The van der Waals surface area contributed by atoms with Crippen LogP contribution in [0.5, 0.6) is 5.75 Å². The molecule has 1 aromatic carbocycles. The van der Waals surface area contributed by atoms with Gasteiger partial charge >= 0.3 is 0 Å². The highest BCUT2D eigenvalue weighted by atomic mass is 35.5. The second kappa shape index (κ2) is 6.95. The SMILES string of the molecule is CC[C@H](Oc1ccc(Cl)cc1)C(=O)N1CC[NH+](C)CC1. The van der Waals surface area contributed by atoms with E-state index < -0.39 is 6.10 Å². The summed E-state index contributed by atoms with van der Waals surface area (Å²) in [4.78, 5) is 15.9. The Morgan fingerprint density at radius 3 is 2.50 bits per heavy atom. The number of halogens is 1. The molecular weight excluding hydrogens is 276 g/mol. The number of hydrogen-bond donors (Lipinski definition) is 1. The Kier molecular flexibility index (Phi) is 5.26. The van der Waals surface area contributed by atoms with Gasteiger partial charge in [0.25, 0.3) is 5.91 Å². The third-order valence-electron chi connectivity index (χ3n) is 3.67. The summed E-state index contributed by atoms with van der Waals surface area (Å²) in [5.74, 6) is 0.782. The van der Waals surface area contributed by atoms with Crippen molar-refractivity contribution in [3.63, 3.8) is 0 Å². The quantitative estimate of drug-likeness (QED) is 0.894. The Labute approximate surface area is 125 Å². The molecule has 0 spiro atoms. The van der Waals surface area contributed by atoms with Gasteiger partial charge < -0.3 is 14.5 Å². The number of benzene rings is 1. The predicted molar refractivity (Wildman–Crippen MR) is 79.4 cm³/mol. The van der Waals surface area contributed by atoms with Crippen LogP contribution in [0.2, 0.25) is 5.02 Å². The molecule has 4 nitrogen and oxygen atoms in total. The molecule has 1 aromatic rings. The number of amides is 1. The van der Waals surface area contributed by atoms with Gasteiger partial charge in [0.1, 0.15) is 5.75 Å². The first-order valence-electron chi connectivity index (χ1n) is 7.12. The van der Waals surface area contributed by atoms with Crippen molar-refractivity contribution in [3.05, 3.63) is 29.3 Å². The standard InChI is InChI=1S/C15H21ClN2O2/c1-3-14(20-13-6-4-12(16)5-7-13)15(19)18-10-8-17(2)9-11-18/h4-7,14H,3,8-11H2,1-2H3/p+1/t14-/m0/s1. The minimum atomic E-state index is -0.408. The molecule has 1 fully saturated rings. The molecule has 1 aliphatic heterocycles. The van der Waals surface area contributed by atoms with Gasteiger partial charge in [0.2, 0.25) is 0 Å². The van der Waals surface area contributed by atoms with Crippen molar-refractivity contribution in [1.82, 2.24) is 4.90 Å². The lowest BCUT2D eigenvalue weighted by molar-refractivity contribution is -0.883. The van der Waals surface area contributed by atoms with Gasteiger partial charge in [-0.25, -0.2) is 0 Å². The smallest absolute Gasteiger partial charge is 0.264 e. The average Bonchev–Trinajstić information content (AvgIpc) is 2.47. The van der Waals surface area contributed by atoms with E-state index in [2.05, 4.69) is 7.05 Å². The minimum Gasteiger partial charge on any atom is -0.481 e. The second-order valence-electron chi connectivity index (χ2n) is 5.25. The Hall–Kier alpha value is -1.26. The number of likely N-dealkylation sites (N-methyl/N-ethyl adjacent to an activating group) is 1. The lowest BCUT2D eigenvalue weighted by atomic mass is 10.2. The molecule has 5 heteroatoms. The summed E-state index contributed by atoms with van der Waals surface area (Å²) in [7, 11) is 2.16. The maximum atomic E-state index is 12.5. The van der Waals surface area contributed by atoms with Crippen LogP contribution >= 0.6 is 11.6 Å². The lowest BCUT2D eigenvalue weighted by Gasteiger charge is -2.32. The van der Waals surface area contributed by atoms with E-state index in [4.69, 9.17) is 16.3 Å². The van der Waals surface area contributed by atoms with Crippen LogP contribution in [0.4, 0.5) is 0 Å². The number of nitrogens with zero attached hydrogens (tertiary/aromatic N) is 1. The van der Waals surface area contributed by atoms with Crippen LogP contribution in [-0.4, -0.2) is 50.1 Å². The molecule has 1 atom stereocenters. The van der Waals surface area contributed by atoms with Gasteiger partial charge in [-0.1, -0.05) is 18.5 Å². The lowest BCUT2D eigenvalue weighted by Crippen LogP contribution is -3.12. The number of carbonyl (C=O) groups is 1. The molecule has 2 rings (SSSR count). The van der Waals surface area contributed by atoms with E-state index in [1.54, 1.807) is 24.3 Å². The van der Waals surface area contributed by atoms with Gasteiger partial charge in [-0.05, 0) is 30.7 Å². The molecule has 1 heterocycles. The summed E-state index contributed by atoms with van der Waals surface area (Å²) in [6, 6.07) is 7.14. The van der Waals surface area contributed by atoms with Crippen molar-refractivity contribution in [2.75, 3.05) is 33.2 Å². The molecule has 0 saturated carbocycles. The molecule has 110 valence electrons. The zero-order valence-electron chi connectivity index (χ0n) is 12.1. The second-order valence-corrected chi connectivity index (χ2v) is 5.69. The van der Waals surface area contributed by atoms with Gasteiger partial charge in [0.15, 0.2) is 6.10 Å². The average molecular weight is 298 g/mol. The van der Waals surface area contributed by atoms with E-state index >= 15 is 0 Å². The highest BCUT2D eigenvalue weighted by Crippen LogP contribution is 2.18. The zero-order valence-corrected chi connectivity index (χ0v) is 12.8. The van der Waals surface area contributed by atoms with Crippen LogP contribution in [-0.2, 0) is 4.79 Å². The number of ether oxygens (including phenoxy) is 1. The molecule has 1 N–H and O–H groups in total. The third-order valence-corrected chi connectivity index (χ3v) is 3.92. The van der Waals surface area contributed by atoms with Crippen molar-refractivity contribution in [3.8, 4) is 5.75 Å². The summed E-state index contributed by atoms with van der Waals surface area (Å²) in [6.07, 6.45) is 0.260. The highest BCUT2D eigenvalue weighted by molar-refractivity contribution is 6.30. The molecule has 20 heavy (non-hydrogen) atoms. The van der Waals surface area contributed by atoms with Crippen LogP contribution in [0.1, 0.15) is 13.3 Å². The Bertz CT molecular complexity index is 442. The van der Waals surface area contributed by atoms with E-state index in [0.29, 0.717) is 17.2 Å². The van der Waals surface area contributed by atoms with E-state index in [1.165, 1.54) is 4.90 Å². The molecule has 0 aliphatic carbocycles. The van der Waals surface area contributed by atoms with E-state index in [-0.39, 0.29) is 5.91 Å². The number of carbonyl (C=O) groups excluding carboxylic acids is 1. The summed E-state index contributed by atoms with van der Waals surface area (Å²) < 4.78 is 5.80. The molecule has 0 unspecified atom stereocenters. The largest absolute Gasteiger partial charge is 0.481 e. The molecule has 0 aromatic heterocycles. The predicted octanol–water partition coefficient (Wildman–Crippen LogP) is 0.854. The summed E-state index contributed by atoms with van der Waals surface area (Å²) in [6.45, 7) is 5.60. The Balaban J connectivity index is 1.97. The van der Waals surface area contributed by atoms with Gasteiger partial charge in [-0.2, -0.15) is 0 Å². The van der Waals surface area contributed by atoms with Gasteiger partial charge in [0.05, 0.1) is 33.2 Å². The van der Waals surface area contributed by atoms with Crippen molar-refractivity contribution in [2.24, 2.45) is 0 Å². The van der Waals surface area contributed by atoms with Gasteiger partial charge in [0, 0.05) is 5.02 Å². The zero-order chi connectivity index (χ0) is 14.5. The fraction of sp³-hybridized carbons (Fsp3) is 0.533. The van der Waals surface area contributed by atoms with Crippen molar-refractivity contribution in [1.29, 1.82) is 0 Å². The number of piperazine rings is 1. The van der Waals surface area contributed by atoms with E-state index in [9.17, 15) is 4.79 Å². The van der Waals surface area contributed by atoms with E-state index in [0.717, 1.165) is 26.2 Å². The first-order valence-corrected chi connectivity index (χ1v) is 7.50. The molecule has 0 bridgehead atoms. The fourth-order valence-electron chi connectivity index (χ4n) is 2.30. The molecule has 1 saturated heterocycles. The first kappa shape index (κ1) is 15.1. The first-order chi connectivity index (χ1) is 9.60. The molecule has 1 aliphatic rings. The number of quaternary nitrogens is 1. The summed E-state index contributed by atoms with van der Waals surface area (Å²) in [5.41, 5.74) is 0. The maximum Gasteiger partial charge on any atom is 0.264 e. The van der Waals surface area contributed by atoms with Crippen molar-refractivity contribution in [2.45, 2.75) is 19.4 Å². The number of nitrogens with one attached hydrogen (secondary N) is 1. The van der Waals surface area contributed by atoms with Crippen molar-refractivity contribution >= 4 is 17.5 Å². The summed E-state index contributed by atoms with van der Waals surface area (Å²) >= 11 is 5.85. The number of hydrogen-bond acceptors (Lipinski definition) is 2. The van der Waals surface area contributed by atoms with Crippen LogP contribution in [0.15, 0.2) is 24.3 Å². The molecule has 0 radical (unpaired) electrons. The Morgan fingerprint density at radius 1 is 1.35 bits per heavy atom. The van der Waals surface area contributed by atoms with E-state index in [1.807, 2.05) is 11.8 Å². The van der Waals surface area contributed by atoms with Crippen LogP contribution in [0.25, 0.3) is 0 Å². The van der Waals surface area contributed by atoms with Gasteiger partial charge in [-0.3, -0.25) is 4.79 Å². The topological polar surface area (TPSA) is 34.0 Å². The monoisotopic (exact) mass is 297 g/mol. The van der Waals surface area contributed by atoms with Gasteiger partial charge in [-0.15, -0.1) is 0 Å². The fourth-order valence-corrected chi connectivity index (χ4v) is 2.42. The number of rotatable bonds is 4. The summed E-state index contributed by atoms with van der Waals surface area (Å²) in [5, 5.41) is 0.666. The van der Waals surface area contributed by atoms with Crippen molar-refractivity contribution < 1.29 is 14.4 Å². The molecule has 1 amide bonds. The van der Waals surface area contributed by atoms with Crippen LogP contribution < -0.4 is 9.64 Å². The Morgan fingerprint density at radius 2 is 1.95 bits per heavy atom. The van der Waals surface area contributed by atoms with Crippen LogP contribution in [0.3, 0.4) is 0 Å². The normalized spacial score (nSPS) is 17.9. The maximum absolute atomic E-state index is 12.5.